The van der Waals surface area contributed by atoms with Crippen molar-refractivity contribution in [2.75, 3.05) is 19.9 Å². The van der Waals surface area contributed by atoms with Crippen LogP contribution in [0.3, 0.4) is 0 Å². The maximum Gasteiger partial charge on any atom is 0.253 e. The molecule has 0 saturated carbocycles. The molecule has 0 atom stereocenters. The van der Waals surface area contributed by atoms with Crippen LogP contribution in [0.5, 0.6) is 17.2 Å². The molecular weight excluding hydrogens is 468 g/mol. The Balaban J connectivity index is 1.37. The highest BCUT2D eigenvalue weighted by molar-refractivity contribution is 7.89. The summed E-state index contributed by atoms with van der Waals surface area (Å²) in [6, 6.07) is 18.4. The first-order chi connectivity index (χ1) is 15.9. The molecule has 1 aliphatic heterocycles. The highest BCUT2D eigenvalue weighted by Gasteiger charge is 2.19. The van der Waals surface area contributed by atoms with Gasteiger partial charge in [0.1, 0.15) is 12.4 Å². The first-order valence-corrected chi connectivity index (χ1v) is 11.9. The summed E-state index contributed by atoms with van der Waals surface area (Å²) in [5.74, 6) is 1.40. The number of para-hydroxylation sites is 1. The van der Waals surface area contributed by atoms with E-state index < -0.39 is 15.9 Å². The van der Waals surface area contributed by atoms with E-state index in [9.17, 15) is 13.2 Å². The number of amides is 1. The van der Waals surface area contributed by atoms with E-state index in [1.807, 2.05) is 18.2 Å². The molecule has 0 unspecified atom stereocenters. The van der Waals surface area contributed by atoms with E-state index >= 15 is 0 Å². The molecule has 0 radical (unpaired) electrons. The number of hydrogen-bond acceptors (Lipinski definition) is 6. The predicted molar refractivity (Wildman–Crippen MR) is 122 cm³/mol. The third-order valence-corrected chi connectivity index (χ3v) is 6.58. The van der Waals surface area contributed by atoms with Crippen molar-refractivity contribution >= 4 is 27.5 Å². The van der Waals surface area contributed by atoms with Gasteiger partial charge in [-0.1, -0.05) is 35.9 Å². The van der Waals surface area contributed by atoms with Crippen molar-refractivity contribution in [1.82, 2.24) is 10.0 Å². The third kappa shape index (κ3) is 5.75. The topological polar surface area (TPSA) is 103 Å². The summed E-state index contributed by atoms with van der Waals surface area (Å²) in [6.45, 7) is 0.581. The molecule has 3 aromatic rings. The Hall–Kier alpha value is -3.27. The van der Waals surface area contributed by atoms with Crippen LogP contribution in [0, 0.1) is 0 Å². The zero-order chi connectivity index (χ0) is 23.3. The van der Waals surface area contributed by atoms with Crippen molar-refractivity contribution in [3.63, 3.8) is 0 Å². The lowest BCUT2D eigenvalue weighted by Crippen LogP contribution is -2.29. The number of hydrogen-bond donors (Lipinski definition) is 2. The van der Waals surface area contributed by atoms with E-state index in [0.29, 0.717) is 17.2 Å². The largest absolute Gasteiger partial charge is 0.492 e. The maximum absolute atomic E-state index is 12.7. The molecule has 0 bridgehead atoms. The molecule has 1 heterocycles. The summed E-state index contributed by atoms with van der Waals surface area (Å²) in [6.07, 6.45) is 0. The standard InChI is InChI=1S/C23H21ClN2O6S/c24-20-8-7-18(33(28,29)26-10-11-30-17-4-2-1-3-5-17)13-19(20)23(27)25-14-16-6-9-21-22(12-16)32-15-31-21/h1-9,12-13,26H,10-11,14-15H2,(H,25,27). The van der Waals surface area contributed by atoms with Gasteiger partial charge in [-0.05, 0) is 48.0 Å². The minimum atomic E-state index is -3.86. The van der Waals surface area contributed by atoms with Gasteiger partial charge in [0.05, 0.1) is 15.5 Å². The molecule has 33 heavy (non-hydrogen) atoms. The van der Waals surface area contributed by atoms with Crippen LogP contribution in [0.25, 0.3) is 0 Å². The Morgan fingerprint density at radius 3 is 2.61 bits per heavy atom. The van der Waals surface area contributed by atoms with Crippen LogP contribution in [0.1, 0.15) is 15.9 Å². The molecule has 172 valence electrons. The fourth-order valence-electron chi connectivity index (χ4n) is 3.12. The van der Waals surface area contributed by atoms with Gasteiger partial charge in [-0.3, -0.25) is 4.79 Å². The third-order valence-electron chi connectivity index (χ3n) is 4.79. The molecule has 4 rings (SSSR count). The van der Waals surface area contributed by atoms with Gasteiger partial charge in [0, 0.05) is 13.1 Å². The van der Waals surface area contributed by atoms with Gasteiger partial charge in [0.15, 0.2) is 11.5 Å². The fraction of sp³-hybridized carbons (Fsp3) is 0.174. The molecule has 0 spiro atoms. The maximum atomic E-state index is 12.7. The minimum absolute atomic E-state index is 0.0563. The van der Waals surface area contributed by atoms with Crippen LogP contribution in [-0.4, -0.2) is 34.3 Å². The van der Waals surface area contributed by atoms with E-state index in [1.165, 1.54) is 18.2 Å². The molecule has 8 nitrogen and oxygen atoms in total. The second kappa shape index (κ2) is 10.1. The highest BCUT2D eigenvalue weighted by Crippen LogP contribution is 2.32. The van der Waals surface area contributed by atoms with Crippen molar-refractivity contribution in [3.05, 3.63) is 82.9 Å². The van der Waals surface area contributed by atoms with Crippen molar-refractivity contribution in [2.24, 2.45) is 0 Å². The van der Waals surface area contributed by atoms with Crippen molar-refractivity contribution < 1.29 is 27.4 Å². The van der Waals surface area contributed by atoms with Crippen LogP contribution in [-0.2, 0) is 16.6 Å². The van der Waals surface area contributed by atoms with Gasteiger partial charge >= 0.3 is 0 Å². The minimum Gasteiger partial charge on any atom is -0.492 e. The summed E-state index contributed by atoms with van der Waals surface area (Å²) in [7, 11) is -3.86. The molecule has 0 fully saturated rings. The smallest absolute Gasteiger partial charge is 0.253 e. The Morgan fingerprint density at radius 2 is 1.79 bits per heavy atom. The van der Waals surface area contributed by atoms with E-state index in [0.717, 1.165) is 5.56 Å². The second-order valence-corrected chi connectivity index (χ2v) is 9.25. The Bertz CT molecular complexity index is 1250. The number of carbonyl (C=O) groups is 1. The SMILES string of the molecule is O=C(NCc1ccc2c(c1)OCO2)c1cc(S(=O)(=O)NCCOc2ccccc2)ccc1Cl. The van der Waals surface area contributed by atoms with Crippen LogP contribution in [0.2, 0.25) is 5.02 Å². The van der Waals surface area contributed by atoms with Crippen molar-refractivity contribution in [1.29, 1.82) is 0 Å². The quantitative estimate of drug-likeness (QED) is 0.448. The number of fused-ring (bicyclic) bond motifs is 1. The van der Waals surface area contributed by atoms with E-state index in [-0.39, 0.29) is 42.0 Å². The predicted octanol–water partition coefficient (Wildman–Crippen LogP) is 3.36. The molecule has 3 aromatic carbocycles. The number of rotatable bonds is 9. The van der Waals surface area contributed by atoms with Crippen molar-refractivity contribution in [3.8, 4) is 17.2 Å². The Kier molecular flexibility index (Phi) is 7.02. The monoisotopic (exact) mass is 488 g/mol. The number of sulfonamides is 1. The molecule has 0 saturated heterocycles. The van der Waals surface area contributed by atoms with E-state index in [4.69, 9.17) is 25.8 Å². The summed E-state index contributed by atoms with van der Waals surface area (Å²) in [5.41, 5.74) is 0.855. The summed E-state index contributed by atoms with van der Waals surface area (Å²) < 4.78 is 43.8. The lowest BCUT2D eigenvalue weighted by molar-refractivity contribution is 0.0950. The number of benzene rings is 3. The zero-order valence-electron chi connectivity index (χ0n) is 17.4. The average molecular weight is 489 g/mol. The summed E-state index contributed by atoms with van der Waals surface area (Å²) in [4.78, 5) is 12.6. The van der Waals surface area contributed by atoms with Gasteiger partial charge in [0.2, 0.25) is 16.8 Å². The fourth-order valence-corrected chi connectivity index (χ4v) is 4.36. The van der Waals surface area contributed by atoms with E-state index in [2.05, 4.69) is 10.0 Å². The first-order valence-electron chi connectivity index (χ1n) is 10.1. The number of ether oxygens (including phenoxy) is 3. The molecule has 1 amide bonds. The van der Waals surface area contributed by atoms with Gasteiger partial charge in [-0.2, -0.15) is 0 Å². The van der Waals surface area contributed by atoms with Gasteiger partial charge in [-0.15, -0.1) is 0 Å². The number of carbonyl (C=O) groups excluding carboxylic acids is 1. The number of halogens is 1. The van der Waals surface area contributed by atoms with E-state index in [1.54, 1.807) is 30.3 Å². The lowest BCUT2D eigenvalue weighted by Gasteiger charge is -2.11. The zero-order valence-corrected chi connectivity index (χ0v) is 19.0. The second-order valence-electron chi connectivity index (χ2n) is 7.07. The van der Waals surface area contributed by atoms with Gasteiger partial charge < -0.3 is 19.5 Å². The number of nitrogens with one attached hydrogen (secondary N) is 2. The highest BCUT2D eigenvalue weighted by atomic mass is 35.5. The Labute approximate surface area is 196 Å². The van der Waals surface area contributed by atoms with Crippen LogP contribution >= 0.6 is 11.6 Å². The molecule has 2 N–H and O–H groups in total. The average Bonchev–Trinajstić information content (AvgIpc) is 3.29. The van der Waals surface area contributed by atoms with Crippen molar-refractivity contribution in [2.45, 2.75) is 11.4 Å². The molecule has 0 aliphatic carbocycles. The van der Waals surface area contributed by atoms with Crippen LogP contribution < -0.4 is 24.2 Å². The molecule has 0 aromatic heterocycles. The first kappa shape index (κ1) is 22.9. The van der Waals surface area contributed by atoms with Gasteiger partial charge in [0.25, 0.3) is 5.91 Å². The van der Waals surface area contributed by atoms with Gasteiger partial charge in [-0.25, -0.2) is 13.1 Å². The molecular formula is C23H21ClN2O6S. The van der Waals surface area contributed by atoms with Crippen LogP contribution in [0.15, 0.2) is 71.6 Å². The Morgan fingerprint density at radius 1 is 1.00 bits per heavy atom. The molecule has 1 aliphatic rings. The summed E-state index contributed by atoms with van der Waals surface area (Å²) in [5, 5.41) is 2.88. The summed E-state index contributed by atoms with van der Waals surface area (Å²) >= 11 is 6.16. The normalized spacial score (nSPS) is 12.4. The lowest BCUT2D eigenvalue weighted by atomic mass is 10.1. The van der Waals surface area contributed by atoms with Crippen LogP contribution in [0.4, 0.5) is 0 Å². The molecule has 10 heteroatoms.